The number of aromatic nitrogens is 2. The van der Waals surface area contributed by atoms with Gasteiger partial charge in [-0.25, -0.2) is 0 Å². The van der Waals surface area contributed by atoms with Crippen molar-refractivity contribution < 1.29 is 9.32 Å². The van der Waals surface area contributed by atoms with Gasteiger partial charge in [0.25, 0.3) is 0 Å². The molecule has 3 heterocycles. The number of nitrogens with zero attached hydrogens (tertiary/aromatic N) is 5. The Labute approximate surface area is 207 Å². The fourth-order valence-corrected chi connectivity index (χ4v) is 5.29. The van der Waals surface area contributed by atoms with Crippen molar-refractivity contribution in [2.75, 3.05) is 44.2 Å². The molecular formula is C28H35N5O2. The summed E-state index contributed by atoms with van der Waals surface area (Å²) in [6.07, 6.45) is 1.77. The van der Waals surface area contributed by atoms with Gasteiger partial charge >= 0.3 is 0 Å². The molecule has 1 amide bonds. The van der Waals surface area contributed by atoms with Gasteiger partial charge < -0.3 is 14.3 Å². The van der Waals surface area contributed by atoms with E-state index >= 15 is 0 Å². The first-order valence-electron chi connectivity index (χ1n) is 12.7. The first-order valence-corrected chi connectivity index (χ1v) is 12.7. The first-order chi connectivity index (χ1) is 17.0. The van der Waals surface area contributed by atoms with Crippen molar-refractivity contribution in [3.05, 3.63) is 65.0 Å². The molecule has 7 nitrogen and oxygen atoms in total. The lowest BCUT2D eigenvalue weighted by molar-refractivity contribution is -0.137. The standard InChI is InChI=1S/C28H35N5O2/c1-20-8-6-10-25(22(20)3)32-15-17-33(18-16-32)28(34)23-11-13-31(14-12-23)19-26-29-27(30-35-26)24-9-5-4-7-21(24)2/h4-10,23H,11-19H2,1-3H3. The van der Waals surface area contributed by atoms with Crippen LogP contribution in [0.15, 0.2) is 47.0 Å². The van der Waals surface area contributed by atoms with Crippen LogP contribution in [0.5, 0.6) is 0 Å². The van der Waals surface area contributed by atoms with Gasteiger partial charge in [-0.05, 0) is 69.5 Å². The number of piperazine rings is 1. The molecule has 2 saturated heterocycles. The molecule has 0 spiro atoms. The van der Waals surface area contributed by atoms with Crippen molar-refractivity contribution in [1.29, 1.82) is 0 Å². The average Bonchev–Trinajstić information content (AvgIpc) is 3.34. The predicted molar refractivity (Wildman–Crippen MR) is 137 cm³/mol. The normalized spacial score (nSPS) is 17.7. The number of piperidine rings is 1. The number of aryl methyl sites for hydroxylation is 2. The Morgan fingerprint density at radius 2 is 1.63 bits per heavy atom. The molecule has 0 saturated carbocycles. The van der Waals surface area contributed by atoms with Crippen LogP contribution in [-0.4, -0.2) is 65.1 Å². The summed E-state index contributed by atoms with van der Waals surface area (Å²) in [5.41, 5.74) is 6.10. The molecule has 2 aliphatic rings. The number of carbonyl (C=O) groups excluding carboxylic acids is 1. The van der Waals surface area contributed by atoms with Gasteiger partial charge in [0.1, 0.15) is 0 Å². The van der Waals surface area contributed by atoms with Crippen LogP contribution in [0.25, 0.3) is 11.4 Å². The van der Waals surface area contributed by atoms with Crippen molar-refractivity contribution in [3.63, 3.8) is 0 Å². The maximum atomic E-state index is 13.2. The molecule has 0 bridgehead atoms. The number of carbonyl (C=O) groups is 1. The molecule has 1 aromatic heterocycles. The fourth-order valence-electron chi connectivity index (χ4n) is 5.29. The number of anilines is 1. The van der Waals surface area contributed by atoms with E-state index in [1.54, 1.807) is 0 Å². The largest absolute Gasteiger partial charge is 0.368 e. The van der Waals surface area contributed by atoms with E-state index in [1.165, 1.54) is 16.8 Å². The summed E-state index contributed by atoms with van der Waals surface area (Å²) in [7, 11) is 0. The topological polar surface area (TPSA) is 65.7 Å². The highest BCUT2D eigenvalue weighted by Gasteiger charge is 2.31. The molecular weight excluding hydrogens is 438 g/mol. The molecule has 7 heteroatoms. The smallest absolute Gasteiger partial charge is 0.241 e. The lowest BCUT2D eigenvalue weighted by atomic mass is 9.95. The van der Waals surface area contributed by atoms with Crippen LogP contribution in [0.2, 0.25) is 0 Å². The zero-order chi connectivity index (χ0) is 24.4. The van der Waals surface area contributed by atoms with Crippen LogP contribution in [0.3, 0.4) is 0 Å². The lowest BCUT2D eigenvalue weighted by Gasteiger charge is -2.39. The van der Waals surface area contributed by atoms with E-state index in [2.05, 4.69) is 69.9 Å². The minimum absolute atomic E-state index is 0.115. The Morgan fingerprint density at radius 3 is 2.37 bits per heavy atom. The molecule has 2 aromatic carbocycles. The molecule has 0 unspecified atom stereocenters. The van der Waals surface area contributed by atoms with Crippen molar-refractivity contribution in [2.45, 2.75) is 40.2 Å². The van der Waals surface area contributed by atoms with Crippen molar-refractivity contribution in [2.24, 2.45) is 5.92 Å². The minimum Gasteiger partial charge on any atom is -0.368 e. The van der Waals surface area contributed by atoms with Crippen LogP contribution in [0.1, 0.15) is 35.4 Å². The van der Waals surface area contributed by atoms with E-state index in [0.29, 0.717) is 24.2 Å². The number of amides is 1. The van der Waals surface area contributed by atoms with E-state index in [4.69, 9.17) is 4.52 Å². The Bertz CT molecular complexity index is 1170. The van der Waals surface area contributed by atoms with Crippen LogP contribution >= 0.6 is 0 Å². The maximum Gasteiger partial charge on any atom is 0.241 e. The number of likely N-dealkylation sites (tertiary alicyclic amines) is 1. The molecule has 3 aromatic rings. The van der Waals surface area contributed by atoms with Crippen molar-refractivity contribution in [1.82, 2.24) is 19.9 Å². The average molecular weight is 474 g/mol. The molecule has 35 heavy (non-hydrogen) atoms. The number of rotatable bonds is 5. The molecule has 184 valence electrons. The van der Waals surface area contributed by atoms with E-state index in [9.17, 15) is 4.79 Å². The zero-order valence-electron chi connectivity index (χ0n) is 21.0. The second kappa shape index (κ2) is 10.2. The first kappa shape index (κ1) is 23.5. The zero-order valence-corrected chi connectivity index (χ0v) is 21.0. The Kier molecular flexibility index (Phi) is 6.86. The molecule has 2 aliphatic heterocycles. The highest BCUT2D eigenvalue weighted by atomic mass is 16.5. The third-order valence-electron chi connectivity index (χ3n) is 7.66. The predicted octanol–water partition coefficient (Wildman–Crippen LogP) is 4.22. The SMILES string of the molecule is Cc1ccccc1-c1noc(CN2CCC(C(=O)N3CCN(c4cccc(C)c4C)CC3)CC2)n1. The second-order valence-electron chi connectivity index (χ2n) is 9.91. The highest BCUT2D eigenvalue weighted by Crippen LogP contribution is 2.26. The number of benzene rings is 2. The molecule has 2 fully saturated rings. The van der Waals surface area contributed by atoms with Gasteiger partial charge in [-0.3, -0.25) is 9.69 Å². The third kappa shape index (κ3) is 5.10. The molecule has 0 aliphatic carbocycles. The maximum absolute atomic E-state index is 13.2. The summed E-state index contributed by atoms with van der Waals surface area (Å²) in [5, 5.41) is 4.18. The Morgan fingerprint density at radius 1 is 0.914 bits per heavy atom. The summed E-state index contributed by atoms with van der Waals surface area (Å²) in [6, 6.07) is 14.6. The van der Waals surface area contributed by atoms with Crippen LogP contribution in [0, 0.1) is 26.7 Å². The van der Waals surface area contributed by atoms with Crippen LogP contribution in [0.4, 0.5) is 5.69 Å². The van der Waals surface area contributed by atoms with Gasteiger partial charge in [0.05, 0.1) is 6.54 Å². The molecule has 0 N–H and O–H groups in total. The van der Waals surface area contributed by atoms with E-state index in [0.717, 1.165) is 63.2 Å². The summed E-state index contributed by atoms with van der Waals surface area (Å²) >= 11 is 0. The minimum atomic E-state index is 0.115. The van der Waals surface area contributed by atoms with E-state index in [-0.39, 0.29) is 5.92 Å². The van der Waals surface area contributed by atoms with Gasteiger partial charge in [-0.1, -0.05) is 41.6 Å². The highest BCUT2D eigenvalue weighted by molar-refractivity contribution is 5.79. The van der Waals surface area contributed by atoms with Crippen molar-refractivity contribution >= 4 is 11.6 Å². The molecule has 5 rings (SSSR count). The van der Waals surface area contributed by atoms with Gasteiger partial charge in [-0.2, -0.15) is 4.98 Å². The molecule has 0 atom stereocenters. The summed E-state index contributed by atoms with van der Waals surface area (Å²) in [6.45, 7) is 12.2. The lowest BCUT2D eigenvalue weighted by Crippen LogP contribution is -2.51. The van der Waals surface area contributed by atoms with Gasteiger partial charge in [-0.15, -0.1) is 0 Å². The summed E-state index contributed by atoms with van der Waals surface area (Å²) < 4.78 is 5.53. The van der Waals surface area contributed by atoms with Gasteiger partial charge in [0.15, 0.2) is 0 Å². The van der Waals surface area contributed by atoms with Crippen LogP contribution < -0.4 is 4.90 Å². The summed E-state index contributed by atoms with van der Waals surface area (Å²) in [5.74, 6) is 1.72. The van der Waals surface area contributed by atoms with E-state index < -0.39 is 0 Å². The molecule has 0 radical (unpaired) electrons. The van der Waals surface area contributed by atoms with Gasteiger partial charge in [0.2, 0.25) is 17.6 Å². The third-order valence-corrected chi connectivity index (χ3v) is 7.66. The monoisotopic (exact) mass is 473 g/mol. The number of hydrogen-bond donors (Lipinski definition) is 0. The summed E-state index contributed by atoms with van der Waals surface area (Å²) in [4.78, 5) is 24.6. The quantitative estimate of drug-likeness (QED) is 0.553. The number of hydrogen-bond acceptors (Lipinski definition) is 6. The Hall–Kier alpha value is -3.19. The Balaban J connectivity index is 1.11. The van der Waals surface area contributed by atoms with Crippen molar-refractivity contribution in [3.8, 4) is 11.4 Å². The second-order valence-corrected chi connectivity index (χ2v) is 9.91. The van der Waals surface area contributed by atoms with E-state index in [1.807, 2.05) is 18.2 Å². The van der Waals surface area contributed by atoms with Crippen LogP contribution in [-0.2, 0) is 11.3 Å². The fraction of sp³-hybridized carbons (Fsp3) is 0.464. The van der Waals surface area contributed by atoms with Gasteiger partial charge in [0, 0.05) is 43.3 Å².